The third-order valence-electron chi connectivity index (χ3n) is 4.30. The van der Waals surface area contributed by atoms with Gasteiger partial charge in [0.15, 0.2) is 0 Å². The summed E-state index contributed by atoms with van der Waals surface area (Å²) in [6.07, 6.45) is 5.11. The van der Waals surface area contributed by atoms with Crippen molar-refractivity contribution in [2.45, 2.75) is 18.8 Å². The minimum atomic E-state index is -0.0359. The second-order valence-corrected chi connectivity index (χ2v) is 5.91. The topological polar surface area (TPSA) is 90.6 Å². The molecule has 1 amide bonds. The molecule has 2 aromatic rings. The summed E-state index contributed by atoms with van der Waals surface area (Å²) < 4.78 is 11.1. The van der Waals surface area contributed by atoms with Crippen LogP contribution in [0.5, 0.6) is 17.4 Å². The molecule has 1 saturated heterocycles. The first-order valence-corrected chi connectivity index (χ1v) is 8.32. The number of aromatic nitrogens is 2. The number of hydrogen-bond donors (Lipinski definition) is 1. The summed E-state index contributed by atoms with van der Waals surface area (Å²) in [5.74, 6) is 1.94. The smallest absolute Gasteiger partial charge is 0.241 e. The molecule has 1 aromatic heterocycles. The Balaban J connectivity index is 0.00000243. The molecule has 2 N–H and O–H groups in total. The van der Waals surface area contributed by atoms with E-state index < -0.39 is 0 Å². The van der Waals surface area contributed by atoms with Crippen molar-refractivity contribution in [2.24, 2.45) is 5.73 Å². The largest absolute Gasteiger partial charge is 0.497 e. The maximum atomic E-state index is 11.9. The molecule has 1 aliphatic rings. The first kappa shape index (κ1) is 19.9. The van der Waals surface area contributed by atoms with Gasteiger partial charge in [-0.1, -0.05) is 0 Å². The van der Waals surface area contributed by atoms with E-state index in [9.17, 15) is 4.79 Å². The minimum Gasteiger partial charge on any atom is -0.497 e. The molecular formula is C18H23ClN4O3. The monoisotopic (exact) mass is 378 g/mol. The lowest BCUT2D eigenvalue weighted by Crippen LogP contribution is -2.42. The van der Waals surface area contributed by atoms with Crippen LogP contribution in [0.15, 0.2) is 36.7 Å². The fraction of sp³-hybridized carbons (Fsp3) is 0.389. The summed E-state index contributed by atoms with van der Waals surface area (Å²) in [7, 11) is 1.62. The molecule has 140 valence electrons. The normalized spacial score (nSPS) is 16.5. The number of piperidine rings is 1. The van der Waals surface area contributed by atoms with E-state index in [0.717, 1.165) is 30.8 Å². The summed E-state index contributed by atoms with van der Waals surface area (Å²) in [4.78, 5) is 22.5. The van der Waals surface area contributed by atoms with Crippen LogP contribution in [0.3, 0.4) is 0 Å². The maximum absolute atomic E-state index is 11.9. The van der Waals surface area contributed by atoms with Gasteiger partial charge in [-0.05, 0) is 37.1 Å². The molecule has 1 aromatic carbocycles. The highest BCUT2D eigenvalue weighted by Crippen LogP contribution is 2.32. The third-order valence-corrected chi connectivity index (χ3v) is 4.30. The van der Waals surface area contributed by atoms with E-state index >= 15 is 0 Å². The van der Waals surface area contributed by atoms with E-state index in [2.05, 4.69) is 9.97 Å². The molecule has 8 heteroatoms. The lowest BCUT2D eigenvalue weighted by Gasteiger charge is -2.32. The summed E-state index contributed by atoms with van der Waals surface area (Å²) in [5, 5.41) is 0. The van der Waals surface area contributed by atoms with Crippen molar-refractivity contribution < 1.29 is 14.3 Å². The van der Waals surface area contributed by atoms with Crippen molar-refractivity contribution in [3.63, 3.8) is 0 Å². The van der Waals surface area contributed by atoms with Gasteiger partial charge in [0.05, 0.1) is 13.7 Å². The van der Waals surface area contributed by atoms with Crippen LogP contribution in [0.25, 0.3) is 0 Å². The molecule has 2 heterocycles. The quantitative estimate of drug-likeness (QED) is 0.858. The van der Waals surface area contributed by atoms with Gasteiger partial charge in [0.2, 0.25) is 11.8 Å². The number of hydrogen-bond acceptors (Lipinski definition) is 6. The SMILES string of the molecule is COc1ccc(Oc2nccnc2C2CCCN(C(=O)CN)C2)cc1.Cl. The van der Waals surface area contributed by atoms with Crippen LogP contribution < -0.4 is 15.2 Å². The Morgan fingerprint density at radius 2 is 1.92 bits per heavy atom. The van der Waals surface area contributed by atoms with Crippen molar-refractivity contribution in [3.8, 4) is 17.4 Å². The summed E-state index contributed by atoms with van der Waals surface area (Å²) in [6.45, 7) is 1.36. The van der Waals surface area contributed by atoms with Gasteiger partial charge in [0.25, 0.3) is 0 Å². The number of halogens is 1. The lowest BCUT2D eigenvalue weighted by molar-refractivity contribution is -0.130. The molecule has 0 bridgehead atoms. The fourth-order valence-electron chi connectivity index (χ4n) is 3.01. The number of rotatable bonds is 5. The summed E-state index contributed by atoms with van der Waals surface area (Å²) in [6, 6.07) is 7.30. The number of likely N-dealkylation sites (tertiary alicyclic amines) is 1. The maximum Gasteiger partial charge on any atom is 0.241 e. The third kappa shape index (κ3) is 4.62. The fourth-order valence-corrected chi connectivity index (χ4v) is 3.01. The average molecular weight is 379 g/mol. The number of carbonyl (C=O) groups is 1. The van der Waals surface area contributed by atoms with Gasteiger partial charge in [-0.25, -0.2) is 4.98 Å². The molecule has 0 saturated carbocycles. The highest BCUT2D eigenvalue weighted by atomic mass is 35.5. The van der Waals surface area contributed by atoms with Crippen molar-refractivity contribution in [1.29, 1.82) is 0 Å². The molecule has 0 aliphatic carbocycles. The van der Waals surface area contributed by atoms with Gasteiger partial charge in [0, 0.05) is 31.4 Å². The highest BCUT2D eigenvalue weighted by Gasteiger charge is 2.27. The Morgan fingerprint density at radius 1 is 1.23 bits per heavy atom. The number of nitrogens with two attached hydrogens (primary N) is 1. The van der Waals surface area contributed by atoms with Gasteiger partial charge >= 0.3 is 0 Å². The van der Waals surface area contributed by atoms with Crippen molar-refractivity contribution in [2.75, 3.05) is 26.7 Å². The van der Waals surface area contributed by atoms with E-state index in [-0.39, 0.29) is 30.8 Å². The first-order chi connectivity index (χ1) is 12.2. The number of methoxy groups -OCH3 is 1. The molecule has 1 unspecified atom stereocenters. The Hall–Kier alpha value is -2.38. The molecule has 1 aliphatic heterocycles. The van der Waals surface area contributed by atoms with Crippen LogP contribution in [-0.4, -0.2) is 47.5 Å². The van der Waals surface area contributed by atoms with Crippen molar-refractivity contribution in [3.05, 3.63) is 42.4 Å². The molecule has 1 atom stereocenters. The number of amides is 1. The van der Waals surface area contributed by atoms with Crippen LogP contribution in [0, 0.1) is 0 Å². The predicted molar refractivity (Wildman–Crippen MR) is 100.0 cm³/mol. The zero-order chi connectivity index (χ0) is 17.6. The number of carbonyl (C=O) groups excluding carboxylic acids is 1. The van der Waals surface area contributed by atoms with Gasteiger partial charge in [-0.15, -0.1) is 12.4 Å². The van der Waals surface area contributed by atoms with Gasteiger partial charge < -0.3 is 20.1 Å². The molecule has 1 fully saturated rings. The molecule has 0 radical (unpaired) electrons. The highest BCUT2D eigenvalue weighted by molar-refractivity contribution is 5.85. The molecule has 7 nitrogen and oxygen atoms in total. The Bertz CT molecular complexity index is 727. The van der Waals surface area contributed by atoms with E-state index in [1.165, 1.54) is 0 Å². The second kappa shape index (κ2) is 9.35. The van der Waals surface area contributed by atoms with Crippen molar-refractivity contribution in [1.82, 2.24) is 14.9 Å². The average Bonchev–Trinajstić information content (AvgIpc) is 2.68. The Labute approximate surface area is 158 Å². The van der Waals surface area contributed by atoms with Crippen LogP contribution in [0.1, 0.15) is 24.5 Å². The second-order valence-electron chi connectivity index (χ2n) is 5.91. The zero-order valence-electron chi connectivity index (χ0n) is 14.6. The number of benzene rings is 1. The molecular weight excluding hydrogens is 356 g/mol. The Kier molecular flexibility index (Phi) is 7.17. The molecule has 3 rings (SSSR count). The zero-order valence-corrected chi connectivity index (χ0v) is 15.4. The van der Waals surface area contributed by atoms with Crippen molar-refractivity contribution >= 4 is 18.3 Å². The first-order valence-electron chi connectivity index (χ1n) is 8.32. The standard InChI is InChI=1S/C18H22N4O3.ClH/c1-24-14-4-6-15(7-5-14)25-18-17(20-8-9-21-18)13-3-2-10-22(12-13)16(23)11-19;/h4-9,13H,2-3,10-12,19H2,1H3;1H. The van der Waals surface area contributed by atoms with E-state index in [1.54, 1.807) is 24.4 Å². The van der Waals surface area contributed by atoms with Gasteiger partial charge in [0.1, 0.15) is 17.2 Å². The van der Waals surface area contributed by atoms with Gasteiger partial charge in [-0.2, -0.15) is 0 Å². The molecule has 26 heavy (non-hydrogen) atoms. The number of ether oxygens (including phenoxy) is 2. The summed E-state index contributed by atoms with van der Waals surface area (Å²) >= 11 is 0. The van der Waals surface area contributed by atoms with E-state index in [4.69, 9.17) is 15.2 Å². The van der Waals surface area contributed by atoms with Crippen LogP contribution in [-0.2, 0) is 4.79 Å². The number of nitrogens with zero attached hydrogens (tertiary/aromatic N) is 3. The minimum absolute atomic E-state index is 0. The van der Waals surface area contributed by atoms with Crippen LogP contribution in [0.4, 0.5) is 0 Å². The van der Waals surface area contributed by atoms with E-state index in [0.29, 0.717) is 18.2 Å². The van der Waals surface area contributed by atoms with E-state index in [1.807, 2.05) is 24.3 Å². The predicted octanol–water partition coefficient (Wildman–Crippen LogP) is 2.36. The van der Waals surface area contributed by atoms with Crippen LogP contribution >= 0.6 is 12.4 Å². The summed E-state index contributed by atoms with van der Waals surface area (Å²) in [5.41, 5.74) is 6.26. The van der Waals surface area contributed by atoms with Crippen LogP contribution in [0.2, 0.25) is 0 Å². The van der Waals surface area contributed by atoms with Gasteiger partial charge in [-0.3, -0.25) is 9.78 Å². The Morgan fingerprint density at radius 3 is 2.62 bits per heavy atom. The lowest BCUT2D eigenvalue weighted by atomic mass is 9.94. The molecule has 0 spiro atoms.